The quantitative estimate of drug-likeness (QED) is 0.575. The summed E-state index contributed by atoms with van der Waals surface area (Å²) in [6.45, 7) is 5.99. The molecule has 4 nitrogen and oxygen atoms in total. The summed E-state index contributed by atoms with van der Waals surface area (Å²) in [5.74, 6) is -0.343. The third-order valence-electron chi connectivity index (χ3n) is 3.70. The Labute approximate surface area is 143 Å². The average Bonchev–Trinajstić information content (AvgIpc) is 2.92. The van der Waals surface area contributed by atoms with Gasteiger partial charge in [0.05, 0.1) is 10.6 Å². The zero-order chi connectivity index (χ0) is 16.6. The fourth-order valence-electron chi connectivity index (χ4n) is 2.48. The van der Waals surface area contributed by atoms with E-state index >= 15 is 0 Å². The van der Waals surface area contributed by atoms with Crippen LogP contribution in [0.5, 0.6) is 0 Å². The molecule has 1 aromatic carbocycles. The first-order valence-corrected chi connectivity index (χ1v) is 8.99. The molecule has 23 heavy (non-hydrogen) atoms. The van der Waals surface area contributed by atoms with Gasteiger partial charge in [-0.2, -0.15) is 0 Å². The minimum absolute atomic E-state index is 0.333. The van der Waals surface area contributed by atoms with Crippen molar-refractivity contribution < 1.29 is 4.79 Å². The summed E-state index contributed by atoms with van der Waals surface area (Å²) in [7, 11) is 0. The molecular weight excluding hydrogens is 326 g/mol. The summed E-state index contributed by atoms with van der Waals surface area (Å²) in [5, 5.41) is 3.58. The van der Waals surface area contributed by atoms with Gasteiger partial charge in [-0.1, -0.05) is 35.5 Å². The molecule has 2 heterocycles. The van der Waals surface area contributed by atoms with Crippen LogP contribution in [0.25, 0.3) is 21.3 Å². The fourth-order valence-corrected chi connectivity index (χ4v) is 4.33. The van der Waals surface area contributed by atoms with Crippen molar-refractivity contribution in [3.05, 3.63) is 41.0 Å². The molecule has 0 saturated carbocycles. The SMILES string of the molecule is Cc1ccc(-c2csc3ncnc(SC(C)C(N)=O)c23)c(C)c1. The van der Waals surface area contributed by atoms with E-state index < -0.39 is 0 Å². The van der Waals surface area contributed by atoms with Gasteiger partial charge < -0.3 is 5.73 Å². The molecule has 0 fully saturated rings. The van der Waals surface area contributed by atoms with Crippen molar-refractivity contribution in [1.29, 1.82) is 0 Å². The second kappa shape index (κ2) is 6.29. The highest BCUT2D eigenvalue weighted by Crippen LogP contribution is 2.40. The average molecular weight is 343 g/mol. The third-order valence-corrected chi connectivity index (χ3v) is 5.70. The van der Waals surface area contributed by atoms with Crippen LogP contribution in [0, 0.1) is 13.8 Å². The monoisotopic (exact) mass is 343 g/mol. The van der Waals surface area contributed by atoms with E-state index in [1.54, 1.807) is 24.6 Å². The summed E-state index contributed by atoms with van der Waals surface area (Å²) in [5.41, 5.74) is 10.1. The van der Waals surface area contributed by atoms with Gasteiger partial charge in [-0.05, 0) is 31.9 Å². The number of aromatic nitrogens is 2. The van der Waals surface area contributed by atoms with E-state index in [4.69, 9.17) is 5.73 Å². The van der Waals surface area contributed by atoms with Gasteiger partial charge in [-0.3, -0.25) is 4.79 Å². The lowest BCUT2D eigenvalue weighted by atomic mass is 9.99. The Morgan fingerprint density at radius 2 is 2.04 bits per heavy atom. The number of nitrogens with two attached hydrogens (primary N) is 1. The molecule has 3 rings (SSSR count). The number of aryl methyl sites for hydroxylation is 2. The number of thioether (sulfide) groups is 1. The van der Waals surface area contributed by atoms with E-state index in [2.05, 4.69) is 47.4 Å². The molecule has 0 radical (unpaired) electrons. The van der Waals surface area contributed by atoms with Crippen LogP contribution in [-0.4, -0.2) is 21.1 Å². The van der Waals surface area contributed by atoms with Crippen molar-refractivity contribution in [3.8, 4) is 11.1 Å². The molecule has 118 valence electrons. The van der Waals surface area contributed by atoms with Crippen LogP contribution in [0.4, 0.5) is 0 Å². The van der Waals surface area contributed by atoms with Crippen LogP contribution in [0.2, 0.25) is 0 Å². The van der Waals surface area contributed by atoms with Crippen molar-refractivity contribution in [2.45, 2.75) is 31.0 Å². The molecule has 1 amide bonds. The molecular formula is C17H17N3OS2. The van der Waals surface area contributed by atoms with Crippen molar-refractivity contribution in [3.63, 3.8) is 0 Å². The Morgan fingerprint density at radius 3 is 2.74 bits per heavy atom. The molecule has 1 atom stereocenters. The molecule has 0 bridgehead atoms. The first-order chi connectivity index (χ1) is 11.0. The van der Waals surface area contributed by atoms with E-state index in [0.29, 0.717) is 0 Å². The zero-order valence-corrected chi connectivity index (χ0v) is 14.8. The maximum absolute atomic E-state index is 11.4. The van der Waals surface area contributed by atoms with Gasteiger partial charge in [0, 0.05) is 10.9 Å². The molecule has 3 aromatic rings. The number of hydrogen-bond donors (Lipinski definition) is 1. The van der Waals surface area contributed by atoms with E-state index in [9.17, 15) is 4.79 Å². The summed E-state index contributed by atoms with van der Waals surface area (Å²) < 4.78 is 0. The highest BCUT2D eigenvalue weighted by atomic mass is 32.2. The third kappa shape index (κ3) is 3.09. The first-order valence-electron chi connectivity index (χ1n) is 7.23. The molecule has 2 aromatic heterocycles. The lowest BCUT2D eigenvalue weighted by Gasteiger charge is -2.10. The Kier molecular flexibility index (Phi) is 4.37. The molecule has 0 aliphatic heterocycles. The number of thiophene rings is 1. The van der Waals surface area contributed by atoms with E-state index in [1.165, 1.54) is 28.5 Å². The smallest absolute Gasteiger partial charge is 0.230 e. The molecule has 0 spiro atoms. The van der Waals surface area contributed by atoms with Crippen LogP contribution in [0.3, 0.4) is 0 Å². The maximum Gasteiger partial charge on any atom is 0.230 e. The fraction of sp³-hybridized carbons (Fsp3) is 0.235. The van der Waals surface area contributed by atoms with Crippen molar-refractivity contribution in [2.24, 2.45) is 5.73 Å². The van der Waals surface area contributed by atoms with Crippen LogP contribution in [0.1, 0.15) is 18.1 Å². The molecule has 0 saturated heterocycles. The molecule has 0 aliphatic carbocycles. The lowest BCUT2D eigenvalue weighted by molar-refractivity contribution is -0.117. The predicted molar refractivity (Wildman–Crippen MR) is 96.8 cm³/mol. The Bertz CT molecular complexity index is 889. The minimum atomic E-state index is -0.343. The highest BCUT2D eigenvalue weighted by molar-refractivity contribution is 8.00. The van der Waals surface area contributed by atoms with Crippen LogP contribution in [-0.2, 0) is 4.79 Å². The van der Waals surface area contributed by atoms with Gasteiger partial charge in [0.1, 0.15) is 16.2 Å². The summed E-state index contributed by atoms with van der Waals surface area (Å²) in [6.07, 6.45) is 1.54. The van der Waals surface area contributed by atoms with Gasteiger partial charge in [0.15, 0.2) is 0 Å². The van der Waals surface area contributed by atoms with Crippen molar-refractivity contribution >= 4 is 39.2 Å². The number of primary amides is 1. The number of amides is 1. The van der Waals surface area contributed by atoms with Gasteiger partial charge in [0.2, 0.25) is 5.91 Å². The van der Waals surface area contributed by atoms with E-state index in [0.717, 1.165) is 20.8 Å². The number of benzene rings is 1. The van der Waals surface area contributed by atoms with Gasteiger partial charge in [-0.25, -0.2) is 9.97 Å². The topological polar surface area (TPSA) is 68.9 Å². The first kappa shape index (κ1) is 16.0. The Morgan fingerprint density at radius 1 is 1.26 bits per heavy atom. The number of fused-ring (bicyclic) bond motifs is 1. The van der Waals surface area contributed by atoms with Crippen LogP contribution in [0.15, 0.2) is 34.9 Å². The molecule has 1 unspecified atom stereocenters. The number of carbonyl (C=O) groups excluding carboxylic acids is 1. The standard InChI is InChI=1S/C17H17N3OS2/c1-9-4-5-12(10(2)6-9)13-7-22-16-14(13)17(20-8-19-16)23-11(3)15(18)21/h4-8,11H,1-3H3,(H2,18,21). The predicted octanol–water partition coefficient (Wildman–Crippen LogP) is 3.94. The van der Waals surface area contributed by atoms with Crippen LogP contribution >= 0.6 is 23.1 Å². The summed E-state index contributed by atoms with van der Waals surface area (Å²) >= 11 is 2.98. The van der Waals surface area contributed by atoms with Crippen molar-refractivity contribution in [2.75, 3.05) is 0 Å². The molecule has 0 aliphatic rings. The van der Waals surface area contributed by atoms with E-state index in [-0.39, 0.29) is 11.2 Å². The van der Waals surface area contributed by atoms with Gasteiger partial charge in [-0.15, -0.1) is 11.3 Å². The maximum atomic E-state index is 11.4. The number of hydrogen-bond acceptors (Lipinski definition) is 5. The molecule has 6 heteroatoms. The Hall–Kier alpha value is -1.92. The van der Waals surface area contributed by atoms with Gasteiger partial charge in [0.25, 0.3) is 0 Å². The largest absolute Gasteiger partial charge is 0.369 e. The second-order valence-corrected chi connectivity index (χ2v) is 7.68. The second-order valence-electron chi connectivity index (χ2n) is 5.49. The summed E-state index contributed by atoms with van der Waals surface area (Å²) in [4.78, 5) is 21.1. The van der Waals surface area contributed by atoms with Crippen molar-refractivity contribution in [1.82, 2.24) is 9.97 Å². The van der Waals surface area contributed by atoms with Crippen LogP contribution < -0.4 is 5.73 Å². The Balaban J connectivity index is 2.17. The number of carbonyl (C=O) groups is 1. The number of nitrogens with zero attached hydrogens (tertiary/aromatic N) is 2. The minimum Gasteiger partial charge on any atom is -0.369 e. The lowest BCUT2D eigenvalue weighted by Crippen LogP contribution is -2.22. The zero-order valence-electron chi connectivity index (χ0n) is 13.2. The highest BCUT2D eigenvalue weighted by Gasteiger charge is 2.18. The molecule has 2 N–H and O–H groups in total. The number of rotatable bonds is 4. The summed E-state index contributed by atoms with van der Waals surface area (Å²) in [6, 6.07) is 6.40. The van der Waals surface area contributed by atoms with Gasteiger partial charge >= 0.3 is 0 Å². The van der Waals surface area contributed by atoms with E-state index in [1.807, 2.05) is 0 Å². The normalized spacial score (nSPS) is 12.5.